The summed E-state index contributed by atoms with van der Waals surface area (Å²) in [6, 6.07) is 10.5. The van der Waals surface area contributed by atoms with Crippen molar-refractivity contribution in [1.29, 1.82) is 0 Å². The smallest absolute Gasteiger partial charge is 0.0490 e. The number of hydrogen-bond acceptors (Lipinski definition) is 1. The Labute approximate surface area is 157 Å². The van der Waals surface area contributed by atoms with Crippen LogP contribution in [0.4, 0.5) is 5.69 Å². The van der Waals surface area contributed by atoms with Crippen LogP contribution in [0.5, 0.6) is 0 Å². The van der Waals surface area contributed by atoms with Gasteiger partial charge in [-0.1, -0.05) is 73.9 Å². The van der Waals surface area contributed by atoms with Gasteiger partial charge in [0.15, 0.2) is 0 Å². The number of nitrogens with zero attached hydrogens (tertiary/aromatic N) is 1. The first-order valence-corrected chi connectivity index (χ1v) is 9.03. The Bertz CT molecular complexity index is 870. The molecule has 1 nitrogen and oxygen atoms in total. The Morgan fingerprint density at radius 2 is 1.92 bits per heavy atom. The molecule has 0 saturated carbocycles. The number of allylic oxidation sites excluding steroid dienone is 12. The van der Waals surface area contributed by atoms with E-state index >= 15 is 0 Å². The molecule has 0 atom stereocenters. The summed E-state index contributed by atoms with van der Waals surface area (Å²) in [5.41, 5.74) is 7.04. The summed E-state index contributed by atoms with van der Waals surface area (Å²) in [5.74, 6) is 0. The van der Waals surface area contributed by atoms with Crippen LogP contribution >= 0.6 is 0 Å². The number of benzene rings is 1. The average Bonchev–Trinajstić information content (AvgIpc) is 2.69. The fraction of sp³-hybridized carbons (Fsp3) is 0.120. The summed E-state index contributed by atoms with van der Waals surface area (Å²) < 4.78 is 0. The van der Waals surface area contributed by atoms with Gasteiger partial charge in [-0.15, -0.1) is 0 Å². The van der Waals surface area contributed by atoms with Crippen LogP contribution in [-0.4, -0.2) is 0 Å². The molecule has 0 saturated heterocycles. The highest BCUT2D eigenvalue weighted by Crippen LogP contribution is 2.34. The normalized spacial score (nSPS) is 21.1. The van der Waals surface area contributed by atoms with Gasteiger partial charge in [0.2, 0.25) is 0 Å². The predicted molar refractivity (Wildman–Crippen MR) is 114 cm³/mol. The standard InChI is InChI=1S/C25H25N/c1-4-6-12-21(5-2)22-18-17-20(3)24-15-10-11-16-25(24)26(19-22)23-13-8-7-9-14-23/h4-9,11-14,16-19H,1,3,10,15H2,2H3/b12-6-,18-17-,21-5+,22-19+. The lowest BCUT2D eigenvalue weighted by Gasteiger charge is -2.29. The first-order valence-electron chi connectivity index (χ1n) is 9.03. The van der Waals surface area contributed by atoms with Crippen LogP contribution in [-0.2, 0) is 0 Å². The van der Waals surface area contributed by atoms with Crippen LogP contribution in [0.1, 0.15) is 19.8 Å². The van der Waals surface area contributed by atoms with Crippen LogP contribution in [0.25, 0.3) is 0 Å². The highest BCUT2D eigenvalue weighted by molar-refractivity contribution is 5.66. The van der Waals surface area contributed by atoms with Gasteiger partial charge in [0.05, 0.1) is 0 Å². The minimum absolute atomic E-state index is 1.02. The van der Waals surface area contributed by atoms with Crippen molar-refractivity contribution in [1.82, 2.24) is 0 Å². The van der Waals surface area contributed by atoms with Crippen LogP contribution in [0.15, 0.2) is 126 Å². The molecular weight excluding hydrogens is 314 g/mol. The van der Waals surface area contributed by atoms with E-state index in [1.165, 1.54) is 11.3 Å². The zero-order chi connectivity index (χ0) is 18.4. The first kappa shape index (κ1) is 17.8. The Balaban J connectivity index is 2.19. The fourth-order valence-electron chi connectivity index (χ4n) is 3.25. The summed E-state index contributed by atoms with van der Waals surface area (Å²) in [7, 11) is 0. The van der Waals surface area contributed by atoms with Crippen molar-refractivity contribution >= 4 is 5.69 Å². The van der Waals surface area contributed by atoms with E-state index in [0.717, 1.165) is 35.2 Å². The van der Waals surface area contributed by atoms with Crippen molar-refractivity contribution in [3.8, 4) is 0 Å². The zero-order valence-electron chi connectivity index (χ0n) is 15.4. The topological polar surface area (TPSA) is 3.24 Å². The summed E-state index contributed by atoms with van der Waals surface area (Å²) >= 11 is 0. The first-order chi connectivity index (χ1) is 12.7. The van der Waals surface area contributed by atoms with Gasteiger partial charge in [0, 0.05) is 17.6 Å². The van der Waals surface area contributed by atoms with Crippen LogP contribution < -0.4 is 4.90 Å². The van der Waals surface area contributed by atoms with E-state index in [9.17, 15) is 0 Å². The summed E-state index contributed by atoms with van der Waals surface area (Å²) in [5, 5.41) is 0. The zero-order valence-corrected chi connectivity index (χ0v) is 15.4. The number of anilines is 1. The molecule has 0 N–H and O–H groups in total. The highest BCUT2D eigenvalue weighted by atomic mass is 15.1. The Hall–Kier alpha value is -3.06. The van der Waals surface area contributed by atoms with Gasteiger partial charge >= 0.3 is 0 Å². The lowest BCUT2D eigenvalue weighted by atomic mass is 9.92. The van der Waals surface area contributed by atoms with E-state index in [2.05, 4.69) is 91.9 Å². The molecule has 1 heterocycles. The van der Waals surface area contributed by atoms with Crippen molar-refractivity contribution in [2.75, 3.05) is 4.90 Å². The fourth-order valence-corrected chi connectivity index (χ4v) is 3.25. The molecule has 1 aromatic rings. The van der Waals surface area contributed by atoms with Crippen molar-refractivity contribution in [2.24, 2.45) is 0 Å². The summed E-state index contributed by atoms with van der Waals surface area (Å²) in [6.07, 6.45) is 21.0. The lowest BCUT2D eigenvalue weighted by molar-refractivity contribution is 0.936. The average molecular weight is 339 g/mol. The van der Waals surface area contributed by atoms with Gasteiger partial charge in [-0.05, 0) is 60.3 Å². The molecule has 0 radical (unpaired) electrons. The third-order valence-electron chi connectivity index (χ3n) is 4.62. The van der Waals surface area contributed by atoms with Crippen molar-refractivity contribution in [2.45, 2.75) is 19.8 Å². The van der Waals surface area contributed by atoms with Gasteiger partial charge in [-0.25, -0.2) is 0 Å². The molecule has 1 aliphatic heterocycles. The van der Waals surface area contributed by atoms with Crippen LogP contribution in [0, 0.1) is 0 Å². The van der Waals surface area contributed by atoms with Crippen LogP contribution in [0.3, 0.4) is 0 Å². The predicted octanol–water partition coefficient (Wildman–Crippen LogP) is 6.80. The van der Waals surface area contributed by atoms with Crippen molar-refractivity contribution < 1.29 is 0 Å². The molecular formula is C25H25N. The Morgan fingerprint density at radius 3 is 2.65 bits per heavy atom. The minimum atomic E-state index is 1.02. The largest absolute Gasteiger partial charge is 0.316 e. The maximum absolute atomic E-state index is 4.32. The maximum Gasteiger partial charge on any atom is 0.0490 e. The van der Waals surface area contributed by atoms with Gasteiger partial charge in [0.25, 0.3) is 0 Å². The second-order valence-electron chi connectivity index (χ2n) is 6.29. The third-order valence-corrected chi connectivity index (χ3v) is 4.62. The Morgan fingerprint density at radius 1 is 1.12 bits per heavy atom. The monoisotopic (exact) mass is 339 g/mol. The van der Waals surface area contributed by atoms with Gasteiger partial charge in [-0.3, -0.25) is 0 Å². The number of hydrogen-bond donors (Lipinski definition) is 0. The van der Waals surface area contributed by atoms with Crippen LogP contribution in [0.2, 0.25) is 0 Å². The lowest BCUT2D eigenvalue weighted by Crippen LogP contribution is -2.20. The van der Waals surface area contributed by atoms with E-state index in [4.69, 9.17) is 0 Å². The molecule has 0 spiro atoms. The van der Waals surface area contributed by atoms with E-state index in [0.29, 0.717) is 0 Å². The molecule has 130 valence electrons. The molecule has 0 aromatic heterocycles. The van der Waals surface area contributed by atoms with E-state index in [1.54, 1.807) is 6.08 Å². The molecule has 0 bridgehead atoms. The molecule has 26 heavy (non-hydrogen) atoms. The molecule has 3 rings (SSSR count). The number of para-hydroxylation sites is 1. The Kier molecular flexibility index (Phi) is 5.70. The van der Waals surface area contributed by atoms with Gasteiger partial charge < -0.3 is 4.90 Å². The molecule has 0 fully saturated rings. The van der Waals surface area contributed by atoms with E-state index in [1.807, 2.05) is 12.1 Å². The van der Waals surface area contributed by atoms with Crippen molar-refractivity contribution in [3.05, 3.63) is 126 Å². The van der Waals surface area contributed by atoms with E-state index < -0.39 is 0 Å². The molecule has 2 aliphatic rings. The molecule has 0 amide bonds. The summed E-state index contributed by atoms with van der Waals surface area (Å²) in [6.45, 7) is 10.2. The van der Waals surface area contributed by atoms with Crippen molar-refractivity contribution in [3.63, 3.8) is 0 Å². The van der Waals surface area contributed by atoms with Gasteiger partial charge in [-0.2, -0.15) is 0 Å². The van der Waals surface area contributed by atoms with E-state index in [-0.39, 0.29) is 0 Å². The molecule has 1 aromatic carbocycles. The second kappa shape index (κ2) is 8.35. The highest BCUT2D eigenvalue weighted by Gasteiger charge is 2.19. The second-order valence-corrected chi connectivity index (χ2v) is 6.29. The maximum atomic E-state index is 4.32. The molecule has 1 aliphatic carbocycles. The minimum Gasteiger partial charge on any atom is -0.316 e. The summed E-state index contributed by atoms with van der Waals surface area (Å²) in [4.78, 5) is 2.28. The third kappa shape index (κ3) is 3.78. The number of rotatable bonds is 4. The molecule has 1 heteroatoms. The quantitative estimate of drug-likeness (QED) is 0.545. The molecule has 0 unspecified atom stereocenters. The van der Waals surface area contributed by atoms with Gasteiger partial charge in [0.1, 0.15) is 0 Å². The SMILES string of the molecule is C=C\C=C/C(=C\C)C1=C/N(c2ccccc2)C2=C(CCC=C2)C(=C)/C=C\1.